The van der Waals surface area contributed by atoms with Crippen molar-refractivity contribution in [3.8, 4) is 0 Å². The van der Waals surface area contributed by atoms with E-state index in [0.717, 1.165) is 25.7 Å². The van der Waals surface area contributed by atoms with Crippen LogP contribution in [0.25, 0.3) is 0 Å². The zero-order valence-corrected chi connectivity index (χ0v) is 11.6. The zero-order chi connectivity index (χ0) is 12.8. The Balaban J connectivity index is 4.64. The van der Waals surface area contributed by atoms with Gasteiger partial charge < -0.3 is 11.1 Å². The fraction of sp³-hybridized carbons (Fsp3) is 0.833. The third-order valence-electron chi connectivity index (χ3n) is 3.21. The second-order valence-electron chi connectivity index (χ2n) is 4.33. The predicted molar refractivity (Wildman–Crippen MR) is 72.3 cm³/mol. The third kappa shape index (κ3) is 3.74. The van der Waals surface area contributed by atoms with E-state index in [-0.39, 0.29) is 11.8 Å². The van der Waals surface area contributed by atoms with E-state index in [1.54, 1.807) is 0 Å². The van der Waals surface area contributed by atoms with Gasteiger partial charge in [-0.15, -0.1) is 0 Å². The molecule has 0 aromatic heterocycles. The molecule has 3 N–H and O–H groups in total. The summed E-state index contributed by atoms with van der Waals surface area (Å²) in [6.45, 7) is 8.00. The molecule has 0 radical (unpaired) electrons. The van der Waals surface area contributed by atoms with Crippen LogP contribution in [0.1, 0.15) is 53.4 Å². The number of hydrogen-bond acceptors (Lipinski definition) is 2. The van der Waals surface area contributed by atoms with E-state index in [1.165, 1.54) is 0 Å². The molecule has 0 aliphatic heterocycles. The summed E-state index contributed by atoms with van der Waals surface area (Å²) in [6, 6.07) is 0. The lowest BCUT2D eigenvalue weighted by molar-refractivity contribution is -0.126. The normalized spacial score (nSPS) is 13.2. The Morgan fingerprint density at radius 1 is 1.38 bits per heavy atom. The number of thiocarbonyl (C=S) groups is 1. The maximum absolute atomic E-state index is 11.9. The van der Waals surface area contributed by atoms with Crippen molar-refractivity contribution < 1.29 is 4.79 Å². The molecule has 1 unspecified atom stereocenters. The van der Waals surface area contributed by atoms with Gasteiger partial charge in [-0.3, -0.25) is 4.79 Å². The van der Waals surface area contributed by atoms with Gasteiger partial charge in [-0.05, 0) is 19.3 Å². The van der Waals surface area contributed by atoms with Gasteiger partial charge in [-0.2, -0.15) is 0 Å². The van der Waals surface area contributed by atoms with E-state index >= 15 is 0 Å². The van der Waals surface area contributed by atoms with Crippen LogP contribution >= 0.6 is 12.2 Å². The van der Waals surface area contributed by atoms with Gasteiger partial charge in [-0.1, -0.05) is 46.3 Å². The molecule has 4 heteroatoms. The number of carbonyl (C=O) groups excluding carboxylic acids is 1. The molecule has 1 atom stereocenters. The van der Waals surface area contributed by atoms with E-state index in [1.807, 2.05) is 20.8 Å². The fourth-order valence-electron chi connectivity index (χ4n) is 1.76. The van der Waals surface area contributed by atoms with Crippen molar-refractivity contribution in [2.45, 2.75) is 58.9 Å². The summed E-state index contributed by atoms with van der Waals surface area (Å²) in [5, 5.41) is 3.01. The lowest BCUT2D eigenvalue weighted by Crippen LogP contribution is -2.57. The van der Waals surface area contributed by atoms with Crippen molar-refractivity contribution in [2.24, 2.45) is 11.7 Å². The Morgan fingerprint density at radius 3 is 2.19 bits per heavy atom. The summed E-state index contributed by atoms with van der Waals surface area (Å²) >= 11 is 5.06. The minimum absolute atomic E-state index is 0.0248. The molecule has 94 valence electrons. The molecule has 16 heavy (non-hydrogen) atoms. The van der Waals surface area contributed by atoms with Gasteiger partial charge in [0.25, 0.3) is 0 Å². The van der Waals surface area contributed by atoms with Crippen LogP contribution in [0, 0.1) is 5.92 Å². The average Bonchev–Trinajstić information content (AvgIpc) is 2.25. The molecule has 0 bridgehead atoms. The molecule has 0 saturated heterocycles. The van der Waals surface area contributed by atoms with Gasteiger partial charge >= 0.3 is 0 Å². The second kappa shape index (κ2) is 6.84. The zero-order valence-electron chi connectivity index (χ0n) is 10.8. The summed E-state index contributed by atoms with van der Waals surface area (Å²) in [5.74, 6) is 0.0789. The smallest absolute Gasteiger partial charge is 0.223 e. The van der Waals surface area contributed by atoms with Crippen LogP contribution < -0.4 is 11.1 Å². The molecular weight excluding hydrogens is 220 g/mol. The van der Waals surface area contributed by atoms with Crippen molar-refractivity contribution in [3.05, 3.63) is 0 Å². The van der Waals surface area contributed by atoms with Crippen LogP contribution in [-0.4, -0.2) is 16.4 Å². The van der Waals surface area contributed by atoms with Gasteiger partial charge in [0, 0.05) is 5.92 Å². The summed E-state index contributed by atoms with van der Waals surface area (Å²) < 4.78 is 0. The van der Waals surface area contributed by atoms with Crippen LogP contribution in [0.4, 0.5) is 0 Å². The van der Waals surface area contributed by atoms with Crippen LogP contribution in [0.15, 0.2) is 0 Å². The maximum Gasteiger partial charge on any atom is 0.223 e. The maximum atomic E-state index is 11.9. The summed E-state index contributed by atoms with van der Waals surface area (Å²) in [5.41, 5.74) is 5.23. The van der Waals surface area contributed by atoms with Crippen molar-refractivity contribution >= 4 is 23.1 Å². The fourth-order valence-corrected chi connectivity index (χ4v) is 2.10. The number of rotatable bonds is 7. The first-order valence-electron chi connectivity index (χ1n) is 6.05. The molecule has 3 nitrogen and oxygen atoms in total. The Kier molecular flexibility index (Phi) is 6.56. The number of hydrogen-bond donors (Lipinski definition) is 2. The van der Waals surface area contributed by atoms with Crippen molar-refractivity contribution in [3.63, 3.8) is 0 Å². The van der Waals surface area contributed by atoms with Gasteiger partial charge in [0.15, 0.2) is 0 Å². The monoisotopic (exact) mass is 244 g/mol. The average molecular weight is 244 g/mol. The Morgan fingerprint density at radius 2 is 1.88 bits per heavy atom. The van der Waals surface area contributed by atoms with Gasteiger partial charge in [0.05, 0.1) is 10.5 Å². The topological polar surface area (TPSA) is 55.1 Å². The van der Waals surface area contributed by atoms with E-state index in [2.05, 4.69) is 12.2 Å². The highest BCUT2D eigenvalue weighted by atomic mass is 32.1. The molecule has 0 saturated carbocycles. The number of nitrogens with one attached hydrogen (secondary N) is 1. The number of amides is 1. The van der Waals surface area contributed by atoms with Crippen molar-refractivity contribution in [1.29, 1.82) is 0 Å². The van der Waals surface area contributed by atoms with E-state index < -0.39 is 5.54 Å². The van der Waals surface area contributed by atoms with Crippen LogP contribution in [-0.2, 0) is 4.79 Å². The predicted octanol–water partition coefficient (Wildman–Crippen LogP) is 2.38. The highest BCUT2D eigenvalue weighted by Crippen LogP contribution is 2.17. The lowest BCUT2D eigenvalue weighted by atomic mass is 9.91. The minimum Gasteiger partial charge on any atom is -0.391 e. The van der Waals surface area contributed by atoms with Crippen LogP contribution in [0.3, 0.4) is 0 Å². The second-order valence-corrected chi connectivity index (χ2v) is 4.77. The first-order valence-corrected chi connectivity index (χ1v) is 6.46. The third-order valence-corrected chi connectivity index (χ3v) is 3.60. The van der Waals surface area contributed by atoms with Crippen molar-refractivity contribution in [1.82, 2.24) is 5.32 Å². The highest BCUT2D eigenvalue weighted by Gasteiger charge is 2.32. The Labute approximate surface area is 104 Å². The molecular formula is C12H24N2OS. The summed E-state index contributed by atoms with van der Waals surface area (Å²) in [6.07, 6.45) is 3.38. The van der Waals surface area contributed by atoms with Gasteiger partial charge in [0.2, 0.25) is 5.91 Å². The largest absolute Gasteiger partial charge is 0.391 e. The van der Waals surface area contributed by atoms with Gasteiger partial charge in [-0.25, -0.2) is 0 Å². The molecule has 0 spiro atoms. The lowest BCUT2D eigenvalue weighted by Gasteiger charge is -2.32. The molecule has 0 aliphatic carbocycles. The molecule has 1 amide bonds. The van der Waals surface area contributed by atoms with Crippen LogP contribution in [0.2, 0.25) is 0 Å². The molecule has 0 aromatic carbocycles. The highest BCUT2D eigenvalue weighted by molar-refractivity contribution is 7.80. The molecule has 0 aliphatic rings. The number of nitrogens with two attached hydrogens (primary N) is 1. The molecule has 0 rings (SSSR count). The quantitative estimate of drug-likeness (QED) is 0.676. The first-order chi connectivity index (χ1) is 7.43. The number of carbonyl (C=O) groups is 1. The molecule has 0 heterocycles. The first kappa shape index (κ1) is 15.4. The summed E-state index contributed by atoms with van der Waals surface area (Å²) in [7, 11) is 0. The van der Waals surface area contributed by atoms with E-state index in [9.17, 15) is 4.79 Å². The van der Waals surface area contributed by atoms with Crippen LogP contribution in [0.5, 0.6) is 0 Å². The van der Waals surface area contributed by atoms with E-state index in [4.69, 9.17) is 18.0 Å². The Bertz CT molecular complexity index is 249. The molecule has 0 fully saturated rings. The van der Waals surface area contributed by atoms with Crippen molar-refractivity contribution in [2.75, 3.05) is 0 Å². The SMILES string of the molecule is CCCC(C)C(=O)NC(CC)(CC)C(N)=S. The molecule has 0 aromatic rings. The Hall–Kier alpha value is -0.640. The standard InChI is InChI=1S/C12H24N2OS/c1-5-8-9(4)10(15)14-12(6-2,7-3)11(13)16/h9H,5-8H2,1-4H3,(H2,13,16)(H,14,15). The minimum atomic E-state index is -0.506. The van der Waals surface area contributed by atoms with E-state index in [0.29, 0.717) is 4.99 Å². The van der Waals surface area contributed by atoms with Gasteiger partial charge in [0.1, 0.15) is 0 Å². The summed E-state index contributed by atoms with van der Waals surface area (Å²) in [4.78, 5) is 12.3.